The molecule has 3 saturated carbocycles. The van der Waals surface area contributed by atoms with E-state index in [0.717, 1.165) is 36.5 Å². The number of hydrogen-bond acceptors (Lipinski definition) is 2. The zero-order chi connectivity index (χ0) is 16.1. The van der Waals surface area contributed by atoms with Gasteiger partial charge in [0.25, 0.3) is 0 Å². The third-order valence-corrected chi connectivity index (χ3v) is 7.57. The molecule has 0 aromatic heterocycles. The molecule has 2 heteroatoms. The van der Waals surface area contributed by atoms with Gasteiger partial charge in [-0.25, -0.2) is 0 Å². The minimum Gasteiger partial charge on any atom is -0.368 e. The second-order valence-corrected chi connectivity index (χ2v) is 9.11. The van der Waals surface area contributed by atoms with Gasteiger partial charge in [-0.05, 0) is 68.6 Å². The van der Waals surface area contributed by atoms with Crippen molar-refractivity contribution >= 4 is 0 Å². The summed E-state index contributed by atoms with van der Waals surface area (Å²) in [4.78, 5) is 0. The van der Waals surface area contributed by atoms with E-state index in [1.165, 1.54) is 32.1 Å². The van der Waals surface area contributed by atoms with Gasteiger partial charge in [-0.1, -0.05) is 34.6 Å². The lowest BCUT2D eigenvalue weighted by atomic mass is 9.60. The van der Waals surface area contributed by atoms with E-state index in [0.29, 0.717) is 5.41 Å². The van der Waals surface area contributed by atoms with Crippen LogP contribution in [-0.2, 0) is 4.74 Å². The van der Waals surface area contributed by atoms with E-state index in [1.54, 1.807) is 0 Å². The molecule has 6 atom stereocenters. The lowest BCUT2D eigenvalue weighted by Gasteiger charge is -2.51. The Labute approximate surface area is 137 Å². The maximum Gasteiger partial charge on any atom is 0.157 e. The minimum absolute atomic E-state index is 0.128. The van der Waals surface area contributed by atoms with Crippen LogP contribution in [0.4, 0.5) is 0 Å². The van der Waals surface area contributed by atoms with Crippen LogP contribution in [-0.4, -0.2) is 17.0 Å². The molecular weight excluding hydrogens is 272 g/mol. The zero-order valence-electron chi connectivity index (χ0n) is 15.3. The smallest absolute Gasteiger partial charge is 0.157 e. The molecule has 2 nitrogen and oxygen atoms in total. The lowest BCUT2D eigenvalue weighted by Crippen LogP contribution is -2.52. The second kappa shape index (κ2) is 5.77. The van der Waals surface area contributed by atoms with Gasteiger partial charge in [-0.3, -0.25) is 0 Å². The molecule has 2 bridgehead atoms. The third-order valence-electron chi connectivity index (χ3n) is 7.57. The highest BCUT2D eigenvalue weighted by Crippen LogP contribution is 2.69. The van der Waals surface area contributed by atoms with Crippen molar-refractivity contribution < 1.29 is 9.84 Å². The summed E-state index contributed by atoms with van der Waals surface area (Å²) < 4.78 is 6.48. The number of aliphatic hydroxyl groups is 1. The summed E-state index contributed by atoms with van der Waals surface area (Å²) in [6.45, 7) is 11.1. The molecule has 3 fully saturated rings. The van der Waals surface area contributed by atoms with E-state index in [-0.39, 0.29) is 11.5 Å². The number of rotatable bonds is 6. The molecule has 3 aliphatic rings. The van der Waals surface area contributed by atoms with Crippen LogP contribution >= 0.6 is 0 Å². The van der Waals surface area contributed by atoms with Crippen LogP contribution in [0.2, 0.25) is 0 Å². The highest BCUT2D eigenvalue weighted by molar-refractivity contribution is 5.13. The predicted molar refractivity (Wildman–Crippen MR) is 90.4 cm³/mol. The van der Waals surface area contributed by atoms with E-state index in [1.807, 2.05) is 0 Å². The Hall–Kier alpha value is -0.0800. The molecule has 1 N–H and O–H groups in total. The lowest BCUT2D eigenvalue weighted by molar-refractivity contribution is -0.252. The Morgan fingerprint density at radius 3 is 2.36 bits per heavy atom. The first-order valence-electron chi connectivity index (χ1n) is 9.72. The van der Waals surface area contributed by atoms with Crippen molar-refractivity contribution in [1.29, 1.82) is 0 Å². The highest BCUT2D eigenvalue weighted by Gasteiger charge is 2.63. The topological polar surface area (TPSA) is 29.5 Å². The summed E-state index contributed by atoms with van der Waals surface area (Å²) >= 11 is 0. The Kier molecular flexibility index (Phi) is 4.40. The van der Waals surface area contributed by atoms with Crippen molar-refractivity contribution in [1.82, 2.24) is 0 Å². The Morgan fingerprint density at radius 2 is 1.77 bits per heavy atom. The van der Waals surface area contributed by atoms with Gasteiger partial charge in [0.1, 0.15) is 0 Å². The number of ether oxygens (including phenoxy) is 1. The summed E-state index contributed by atoms with van der Waals surface area (Å²) in [7, 11) is 0. The normalized spacial score (nSPS) is 42.1. The van der Waals surface area contributed by atoms with Crippen LogP contribution in [0, 0.1) is 35.0 Å². The molecule has 0 amide bonds. The first-order chi connectivity index (χ1) is 10.4. The summed E-state index contributed by atoms with van der Waals surface area (Å²) in [5.74, 6) is 3.89. The summed E-state index contributed by atoms with van der Waals surface area (Å²) in [6, 6.07) is 0. The van der Waals surface area contributed by atoms with Gasteiger partial charge < -0.3 is 9.84 Å². The number of aliphatic hydroxyl groups excluding tert-OH is 1. The van der Waals surface area contributed by atoms with Gasteiger partial charge in [-0.15, -0.1) is 0 Å². The van der Waals surface area contributed by atoms with E-state index >= 15 is 0 Å². The quantitative estimate of drug-likeness (QED) is 0.700. The Morgan fingerprint density at radius 1 is 1.09 bits per heavy atom. The summed E-state index contributed by atoms with van der Waals surface area (Å²) in [5.41, 5.74) is 0.184. The Balaban J connectivity index is 1.92. The molecule has 128 valence electrons. The molecule has 3 rings (SSSR count). The van der Waals surface area contributed by atoms with E-state index in [9.17, 15) is 5.11 Å². The Bertz CT molecular complexity index is 397. The highest BCUT2D eigenvalue weighted by atomic mass is 16.6. The van der Waals surface area contributed by atoms with Gasteiger partial charge >= 0.3 is 0 Å². The first kappa shape index (κ1) is 16.8. The van der Waals surface area contributed by atoms with Crippen LogP contribution in [0.5, 0.6) is 0 Å². The van der Waals surface area contributed by atoms with Crippen molar-refractivity contribution in [3.8, 4) is 0 Å². The maximum atomic E-state index is 10.5. The fourth-order valence-corrected chi connectivity index (χ4v) is 6.45. The number of hydrogen-bond donors (Lipinski definition) is 1. The molecule has 0 heterocycles. The monoisotopic (exact) mass is 308 g/mol. The van der Waals surface area contributed by atoms with Crippen LogP contribution in [0.1, 0.15) is 79.6 Å². The van der Waals surface area contributed by atoms with Gasteiger partial charge in [0.05, 0.1) is 5.60 Å². The molecule has 0 saturated heterocycles. The van der Waals surface area contributed by atoms with E-state index in [2.05, 4.69) is 34.6 Å². The van der Waals surface area contributed by atoms with Crippen molar-refractivity contribution in [2.75, 3.05) is 0 Å². The van der Waals surface area contributed by atoms with Crippen molar-refractivity contribution in [3.05, 3.63) is 0 Å². The SMILES string of the molecule is CCC(CC)(OC(O)C(C)C)C12CC(C)CC3CC(C1)C3C2. The average Bonchev–Trinajstić information content (AvgIpc) is 2.68. The predicted octanol–water partition coefficient (Wildman–Crippen LogP) is 5.00. The first-order valence-corrected chi connectivity index (χ1v) is 9.72. The van der Waals surface area contributed by atoms with E-state index in [4.69, 9.17) is 4.74 Å². The number of fused-ring (bicyclic) bond motifs is 1. The third kappa shape index (κ3) is 2.36. The fourth-order valence-electron chi connectivity index (χ4n) is 6.45. The molecule has 3 aliphatic carbocycles. The largest absolute Gasteiger partial charge is 0.368 e. The van der Waals surface area contributed by atoms with Crippen LogP contribution in [0.3, 0.4) is 0 Å². The van der Waals surface area contributed by atoms with Gasteiger partial charge in [0.15, 0.2) is 6.29 Å². The fraction of sp³-hybridized carbons (Fsp3) is 1.00. The van der Waals surface area contributed by atoms with Crippen molar-refractivity contribution in [3.63, 3.8) is 0 Å². The van der Waals surface area contributed by atoms with Crippen LogP contribution in [0.15, 0.2) is 0 Å². The minimum atomic E-state index is -0.623. The molecule has 0 radical (unpaired) electrons. The van der Waals surface area contributed by atoms with Gasteiger partial charge in [-0.2, -0.15) is 0 Å². The van der Waals surface area contributed by atoms with Gasteiger partial charge in [0.2, 0.25) is 0 Å². The molecule has 0 aliphatic heterocycles. The summed E-state index contributed by atoms with van der Waals surface area (Å²) in [6.07, 6.45) is 8.36. The molecule has 0 spiro atoms. The molecule has 6 unspecified atom stereocenters. The maximum absolute atomic E-state index is 10.5. The summed E-state index contributed by atoms with van der Waals surface area (Å²) in [5, 5.41) is 10.5. The van der Waals surface area contributed by atoms with Crippen LogP contribution < -0.4 is 0 Å². The molecule has 0 aromatic carbocycles. The molecular formula is C20H36O2. The zero-order valence-corrected chi connectivity index (χ0v) is 15.3. The molecule has 22 heavy (non-hydrogen) atoms. The van der Waals surface area contributed by atoms with Gasteiger partial charge in [0, 0.05) is 11.3 Å². The van der Waals surface area contributed by atoms with Crippen molar-refractivity contribution in [2.45, 2.75) is 91.5 Å². The average molecular weight is 309 g/mol. The second-order valence-electron chi connectivity index (χ2n) is 9.11. The van der Waals surface area contributed by atoms with Crippen molar-refractivity contribution in [2.24, 2.45) is 35.0 Å². The molecule has 0 aromatic rings. The van der Waals surface area contributed by atoms with Crippen LogP contribution in [0.25, 0.3) is 0 Å². The standard InChI is InChI=1S/C20H36O2/c1-6-20(7-2,22-18(21)13(3)4)19-10-14(5)8-15-9-16(11-19)17(15)12-19/h13-18,21H,6-12H2,1-5H3. The van der Waals surface area contributed by atoms with E-state index < -0.39 is 6.29 Å².